The van der Waals surface area contributed by atoms with Crippen LogP contribution in [0.1, 0.15) is 25.0 Å². The molecule has 168 valence electrons. The summed E-state index contributed by atoms with van der Waals surface area (Å²) in [7, 11) is 1.66. The van der Waals surface area contributed by atoms with Crippen LogP contribution in [-0.4, -0.2) is 68.0 Å². The van der Waals surface area contributed by atoms with Gasteiger partial charge in [0.25, 0.3) is 5.91 Å². The van der Waals surface area contributed by atoms with Gasteiger partial charge in [0, 0.05) is 55.7 Å². The molecule has 1 amide bonds. The minimum absolute atomic E-state index is 0.00126. The Bertz CT molecular complexity index is 933. The second-order valence-corrected chi connectivity index (χ2v) is 8.69. The van der Waals surface area contributed by atoms with Gasteiger partial charge in [0.05, 0.1) is 36.0 Å². The molecule has 0 unspecified atom stereocenters. The zero-order chi connectivity index (χ0) is 21.8. The van der Waals surface area contributed by atoms with E-state index in [9.17, 15) is 4.79 Å². The maximum atomic E-state index is 13.1. The van der Waals surface area contributed by atoms with Crippen LogP contribution in [0.25, 0.3) is 10.9 Å². The van der Waals surface area contributed by atoms with Gasteiger partial charge in [0.1, 0.15) is 11.9 Å². The molecule has 1 aromatic carbocycles. The van der Waals surface area contributed by atoms with Gasteiger partial charge in [0.2, 0.25) is 0 Å². The number of methoxy groups -OCH3 is 1. The highest BCUT2D eigenvalue weighted by molar-refractivity contribution is 6.38. The summed E-state index contributed by atoms with van der Waals surface area (Å²) in [5.41, 5.74) is 1.34. The Morgan fingerprint density at radius 1 is 1.29 bits per heavy atom. The number of carbonyl (C=O) groups is 1. The Morgan fingerprint density at radius 2 is 2.13 bits per heavy atom. The van der Waals surface area contributed by atoms with E-state index in [2.05, 4.69) is 5.32 Å². The Balaban J connectivity index is 1.61. The minimum Gasteiger partial charge on any atom is -0.493 e. The number of nitrogens with zero attached hydrogens (tertiary/aromatic N) is 2. The average Bonchev–Trinajstić information content (AvgIpc) is 3.61. The third kappa shape index (κ3) is 5.59. The van der Waals surface area contributed by atoms with Crippen molar-refractivity contribution in [1.29, 1.82) is 0 Å². The fourth-order valence-electron chi connectivity index (χ4n) is 3.71. The van der Waals surface area contributed by atoms with E-state index in [1.807, 2.05) is 11.0 Å². The molecule has 0 bridgehead atoms. The van der Waals surface area contributed by atoms with Crippen LogP contribution >= 0.6 is 23.2 Å². The van der Waals surface area contributed by atoms with Crippen LogP contribution in [0.15, 0.2) is 18.2 Å². The summed E-state index contributed by atoms with van der Waals surface area (Å²) in [6.45, 7) is 3.32. The highest BCUT2D eigenvalue weighted by Crippen LogP contribution is 2.35. The number of morpholine rings is 1. The number of benzene rings is 1. The number of aromatic nitrogens is 1. The lowest BCUT2D eigenvalue weighted by Crippen LogP contribution is -2.49. The van der Waals surface area contributed by atoms with Crippen LogP contribution in [0.5, 0.6) is 5.75 Å². The molecule has 7 nitrogen and oxygen atoms in total. The standard InChI is InChI=1S/C22H27Cl2N3O4/c1-29-6-2-7-30-19-11-15(26-21-17(19)9-14(23)10-18(21)24)13-27(16-3-4-16)22(28)20-12-25-5-8-31-20/h9-11,16,20,25H,2-8,12-13H2,1H3/t20-/m1/s1. The lowest BCUT2D eigenvalue weighted by atomic mass is 10.1. The molecule has 0 spiro atoms. The summed E-state index contributed by atoms with van der Waals surface area (Å²) in [6, 6.07) is 5.57. The van der Waals surface area contributed by atoms with Gasteiger partial charge in [-0.15, -0.1) is 0 Å². The number of pyridine rings is 1. The van der Waals surface area contributed by atoms with Gasteiger partial charge in [-0.3, -0.25) is 4.79 Å². The molecule has 1 aliphatic carbocycles. The van der Waals surface area contributed by atoms with E-state index in [1.165, 1.54) is 0 Å². The van der Waals surface area contributed by atoms with Gasteiger partial charge in [-0.05, 0) is 25.0 Å². The second-order valence-electron chi connectivity index (χ2n) is 7.85. The number of carbonyl (C=O) groups excluding carboxylic acids is 1. The van der Waals surface area contributed by atoms with Gasteiger partial charge in [0.15, 0.2) is 0 Å². The molecule has 31 heavy (non-hydrogen) atoms. The molecule has 1 atom stereocenters. The lowest BCUT2D eigenvalue weighted by molar-refractivity contribution is -0.146. The Morgan fingerprint density at radius 3 is 2.84 bits per heavy atom. The van der Waals surface area contributed by atoms with Crippen molar-refractivity contribution in [2.45, 2.75) is 38.0 Å². The molecule has 2 aromatic rings. The first-order valence-corrected chi connectivity index (χ1v) is 11.4. The molecule has 0 radical (unpaired) electrons. The van der Waals surface area contributed by atoms with Crippen molar-refractivity contribution in [2.24, 2.45) is 0 Å². The van der Waals surface area contributed by atoms with E-state index in [0.29, 0.717) is 54.2 Å². The highest BCUT2D eigenvalue weighted by Gasteiger charge is 2.37. The molecule has 2 fully saturated rings. The fourth-order valence-corrected chi connectivity index (χ4v) is 4.25. The number of rotatable bonds is 9. The summed E-state index contributed by atoms with van der Waals surface area (Å²) in [6.07, 6.45) is 2.29. The van der Waals surface area contributed by atoms with Gasteiger partial charge in [-0.1, -0.05) is 23.2 Å². The summed E-state index contributed by atoms with van der Waals surface area (Å²) in [5.74, 6) is 0.653. The van der Waals surface area contributed by atoms with Gasteiger partial charge >= 0.3 is 0 Å². The largest absolute Gasteiger partial charge is 0.493 e. The first-order chi connectivity index (χ1) is 15.1. The molecule has 1 N–H and O–H groups in total. The number of hydrogen-bond donors (Lipinski definition) is 1. The predicted molar refractivity (Wildman–Crippen MR) is 120 cm³/mol. The number of ether oxygens (including phenoxy) is 3. The summed E-state index contributed by atoms with van der Waals surface area (Å²) < 4.78 is 16.8. The van der Waals surface area contributed by atoms with Crippen LogP contribution in [0.3, 0.4) is 0 Å². The van der Waals surface area contributed by atoms with Gasteiger partial charge in [-0.2, -0.15) is 0 Å². The number of fused-ring (bicyclic) bond motifs is 1. The predicted octanol–water partition coefficient (Wildman–Crippen LogP) is 3.44. The third-order valence-electron chi connectivity index (χ3n) is 5.40. The molecule has 2 heterocycles. The number of amides is 1. The Kier molecular flexibility index (Phi) is 7.51. The maximum Gasteiger partial charge on any atom is 0.253 e. The molecule has 1 saturated heterocycles. The molecular formula is C22H27Cl2N3O4. The molecule has 1 aliphatic heterocycles. The van der Waals surface area contributed by atoms with Crippen molar-refractivity contribution in [3.05, 3.63) is 33.9 Å². The van der Waals surface area contributed by atoms with Crippen molar-refractivity contribution in [3.8, 4) is 5.75 Å². The van der Waals surface area contributed by atoms with Crippen molar-refractivity contribution in [1.82, 2.24) is 15.2 Å². The summed E-state index contributed by atoms with van der Waals surface area (Å²) >= 11 is 12.7. The van der Waals surface area contributed by atoms with E-state index in [1.54, 1.807) is 19.2 Å². The van der Waals surface area contributed by atoms with Crippen molar-refractivity contribution in [2.75, 3.05) is 40.0 Å². The van der Waals surface area contributed by atoms with E-state index >= 15 is 0 Å². The van der Waals surface area contributed by atoms with E-state index in [4.69, 9.17) is 42.4 Å². The third-order valence-corrected chi connectivity index (χ3v) is 5.91. The highest BCUT2D eigenvalue weighted by atomic mass is 35.5. The molecule has 2 aliphatic rings. The number of nitrogens with one attached hydrogen (secondary N) is 1. The van der Waals surface area contributed by atoms with Crippen molar-refractivity contribution in [3.63, 3.8) is 0 Å². The van der Waals surface area contributed by atoms with Gasteiger partial charge < -0.3 is 24.4 Å². The fraction of sp³-hybridized carbons (Fsp3) is 0.545. The molecular weight excluding hydrogens is 441 g/mol. The second kappa shape index (κ2) is 10.3. The Hall–Kier alpha value is -1.64. The van der Waals surface area contributed by atoms with E-state index < -0.39 is 6.10 Å². The summed E-state index contributed by atoms with van der Waals surface area (Å²) in [5, 5.41) is 4.95. The molecule has 1 saturated carbocycles. The number of halogens is 2. The van der Waals surface area contributed by atoms with Gasteiger partial charge in [-0.25, -0.2) is 4.98 Å². The van der Waals surface area contributed by atoms with E-state index in [0.717, 1.165) is 36.9 Å². The van der Waals surface area contributed by atoms with Crippen LogP contribution in [-0.2, 0) is 20.8 Å². The van der Waals surface area contributed by atoms with Crippen molar-refractivity contribution >= 4 is 40.0 Å². The van der Waals surface area contributed by atoms with Crippen LogP contribution in [0, 0.1) is 0 Å². The SMILES string of the molecule is COCCCOc1cc(CN(C(=O)[C@H]2CNCCO2)C2CC2)nc2c(Cl)cc(Cl)cc12. The smallest absolute Gasteiger partial charge is 0.253 e. The first-order valence-electron chi connectivity index (χ1n) is 10.6. The van der Waals surface area contributed by atoms with Crippen LogP contribution in [0.4, 0.5) is 0 Å². The van der Waals surface area contributed by atoms with Crippen molar-refractivity contribution < 1.29 is 19.0 Å². The monoisotopic (exact) mass is 467 g/mol. The topological polar surface area (TPSA) is 72.9 Å². The molecule has 4 rings (SSSR count). The summed E-state index contributed by atoms with van der Waals surface area (Å²) in [4.78, 5) is 19.8. The number of hydrogen-bond acceptors (Lipinski definition) is 6. The average molecular weight is 468 g/mol. The first kappa shape index (κ1) is 22.6. The zero-order valence-corrected chi connectivity index (χ0v) is 19.0. The maximum absolute atomic E-state index is 13.1. The van der Waals surface area contributed by atoms with Crippen LogP contribution in [0.2, 0.25) is 10.0 Å². The molecule has 9 heteroatoms. The lowest BCUT2D eigenvalue weighted by Gasteiger charge is -2.30. The van der Waals surface area contributed by atoms with Crippen LogP contribution < -0.4 is 10.1 Å². The zero-order valence-electron chi connectivity index (χ0n) is 17.5. The molecule has 1 aromatic heterocycles. The Labute approximate surface area is 191 Å². The quantitative estimate of drug-likeness (QED) is 0.569. The van der Waals surface area contributed by atoms with E-state index in [-0.39, 0.29) is 11.9 Å². The minimum atomic E-state index is -0.457. The normalized spacial score (nSPS) is 18.9.